The van der Waals surface area contributed by atoms with Gasteiger partial charge in [0.15, 0.2) is 0 Å². The number of anilines is 2. The summed E-state index contributed by atoms with van der Waals surface area (Å²) in [6.07, 6.45) is 11.9. The highest BCUT2D eigenvalue weighted by Crippen LogP contribution is 2.35. The van der Waals surface area contributed by atoms with Crippen LogP contribution in [0.1, 0.15) is 58.4 Å². The molecule has 0 bridgehead atoms. The molecule has 0 saturated heterocycles. The van der Waals surface area contributed by atoms with E-state index in [-0.39, 0.29) is 11.9 Å². The highest BCUT2D eigenvalue weighted by atomic mass is 16.1. The van der Waals surface area contributed by atoms with Gasteiger partial charge in [-0.25, -0.2) is 9.97 Å². The van der Waals surface area contributed by atoms with Crippen LogP contribution < -0.4 is 10.6 Å². The van der Waals surface area contributed by atoms with Crippen molar-refractivity contribution < 1.29 is 4.79 Å². The van der Waals surface area contributed by atoms with E-state index in [4.69, 9.17) is 0 Å². The molecule has 1 aromatic carbocycles. The molecule has 164 valence electrons. The lowest BCUT2D eigenvalue weighted by molar-refractivity contribution is -0.122. The molecule has 1 saturated carbocycles. The average Bonchev–Trinajstić information content (AvgIpc) is 3.25. The summed E-state index contributed by atoms with van der Waals surface area (Å²) < 4.78 is 1.98. The number of amides is 1. The average molecular weight is 421 g/mol. The fourth-order valence-electron chi connectivity index (χ4n) is 4.40. The Bertz CT molecular complexity index is 1000. The summed E-state index contributed by atoms with van der Waals surface area (Å²) >= 11 is 0. The maximum atomic E-state index is 12.6. The van der Waals surface area contributed by atoms with E-state index in [1.54, 1.807) is 6.33 Å². The summed E-state index contributed by atoms with van der Waals surface area (Å²) in [5.74, 6) is 1.79. The first kappa shape index (κ1) is 21.3. The lowest BCUT2D eigenvalue weighted by Gasteiger charge is -2.30. The zero-order valence-corrected chi connectivity index (χ0v) is 18.4. The molecule has 1 atom stereocenters. The first-order valence-corrected chi connectivity index (χ1v) is 11.4. The topological polar surface area (TPSA) is 84.7 Å². The van der Waals surface area contributed by atoms with E-state index in [9.17, 15) is 4.79 Å². The van der Waals surface area contributed by atoms with Gasteiger partial charge in [-0.2, -0.15) is 5.10 Å². The zero-order valence-electron chi connectivity index (χ0n) is 18.4. The molecule has 2 N–H and O–H groups in total. The van der Waals surface area contributed by atoms with Crippen LogP contribution in [-0.4, -0.2) is 32.2 Å². The number of fused-ring (bicyclic) bond motifs is 1. The van der Waals surface area contributed by atoms with Crippen molar-refractivity contribution in [1.29, 1.82) is 0 Å². The van der Waals surface area contributed by atoms with Gasteiger partial charge in [-0.05, 0) is 36.8 Å². The third-order valence-corrected chi connectivity index (χ3v) is 6.04. The van der Waals surface area contributed by atoms with Gasteiger partial charge in [-0.1, -0.05) is 45.2 Å². The van der Waals surface area contributed by atoms with E-state index in [2.05, 4.69) is 39.5 Å². The minimum atomic E-state index is 0.0742. The molecule has 0 radical (unpaired) electrons. The Hall–Kier alpha value is -2.96. The molecule has 3 aromatic rings. The number of para-hydroxylation sites is 1. The van der Waals surface area contributed by atoms with E-state index >= 15 is 0 Å². The second kappa shape index (κ2) is 9.90. The maximum absolute atomic E-state index is 12.6. The van der Waals surface area contributed by atoms with Crippen LogP contribution in [0.15, 0.2) is 43.0 Å². The second-order valence-electron chi connectivity index (χ2n) is 8.94. The molecule has 1 unspecified atom stereocenters. The number of nitrogens with zero attached hydrogens (tertiary/aromatic N) is 4. The predicted molar refractivity (Wildman–Crippen MR) is 123 cm³/mol. The number of benzene rings is 1. The van der Waals surface area contributed by atoms with Gasteiger partial charge in [0.1, 0.15) is 12.1 Å². The van der Waals surface area contributed by atoms with Gasteiger partial charge in [-0.3, -0.25) is 9.48 Å². The highest BCUT2D eigenvalue weighted by Gasteiger charge is 2.28. The third-order valence-electron chi connectivity index (χ3n) is 6.04. The molecule has 7 nitrogen and oxygen atoms in total. The van der Waals surface area contributed by atoms with Crippen LogP contribution in [0.25, 0.3) is 10.9 Å². The third kappa shape index (κ3) is 5.40. The molecule has 2 aromatic heterocycles. The van der Waals surface area contributed by atoms with E-state index < -0.39 is 0 Å². The van der Waals surface area contributed by atoms with Gasteiger partial charge >= 0.3 is 0 Å². The predicted octanol–water partition coefficient (Wildman–Crippen LogP) is 4.85. The molecule has 31 heavy (non-hydrogen) atoms. The van der Waals surface area contributed by atoms with Crippen molar-refractivity contribution in [3.63, 3.8) is 0 Å². The smallest absolute Gasteiger partial charge is 0.222 e. The van der Waals surface area contributed by atoms with Gasteiger partial charge in [0.25, 0.3) is 0 Å². The Morgan fingerprint density at radius 3 is 2.77 bits per heavy atom. The van der Waals surface area contributed by atoms with Crippen LogP contribution in [0.5, 0.6) is 0 Å². The van der Waals surface area contributed by atoms with Crippen LogP contribution >= 0.6 is 0 Å². The van der Waals surface area contributed by atoms with Crippen LogP contribution in [0.2, 0.25) is 0 Å². The molecular weight excluding hydrogens is 388 g/mol. The standard InChI is InChI=1S/C24H32N6O/c1-17(2)13-25-23(31)12-22(18-8-4-3-5-9-18)30-15-19(14-28-30)29-24-20-10-6-7-11-21(20)26-16-27-24/h6-7,10-11,14-18,22H,3-5,8-9,12-13H2,1-2H3,(H,25,31)(H,26,27,29). The largest absolute Gasteiger partial charge is 0.356 e. The minimum absolute atomic E-state index is 0.0742. The lowest BCUT2D eigenvalue weighted by Crippen LogP contribution is -2.32. The van der Waals surface area contributed by atoms with E-state index in [1.807, 2.05) is 41.3 Å². The fraction of sp³-hybridized carbons (Fsp3) is 0.500. The number of rotatable bonds is 8. The molecule has 0 aliphatic heterocycles. The Morgan fingerprint density at radius 1 is 1.16 bits per heavy atom. The van der Waals surface area contributed by atoms with Gasteiger partial charge in [0, 0.05) is 24.5 Å². The molecule has 4 rings (SSSR count). The lowest BCUT2D eigenvalue weighted by atomic mass is 9.82. The monoisotopic (exact) mass is 420 g/mol. The summed E-state index contributed by atoms with van der Waals surface area (Å²) in [6.45, 7) is 4.94. The summed E-state index contributed by atoms with van der Waals surface area (Å²) in [5.41, 5.74) is 1.77. The fourth-order valence-corrected chi connectivity index (χ4v) is 4.40. The van der Waals surface area contributed by atoms with Crippen molar-refractivity contribution in [3.8, 4) is 0 Å². The Balaban J connectivity index is 1.53. The Labute approximate surface area is 183 Å². The number of aromatic nitrogens is 4. The normalized spacial score (nSPS) is 15.8. The first-order chi connectivity index (χ1) is 15.1. The molecule has 2 heterocycles. The summed E-state index contributed by atoms with van der Waals surface area (Å²) in [6, 6.07) is 8.00. The molecule has 0 spiro atoms. The van der Waals surface area contributed by atoms with Crippen LogP contribution in [0.4, 0.5) is 11.5 Å². The summed E-state index contributed by atoms with van der Waals surface area (Å²) in [7, 11) is 0. The van der Waals surface area contributed by atoms with E-state index in [0.717, 1.165) is 35.2 Å². The van der Waals surface area contributed by atoms with Crippen molar-refractivity contribution in [2.75, 3.05) is 11.9 Å². The quantitative estimate of drug-likeness (QED) is 0.544. The van der Waals surface area contributed by atoms with E-state index in [1.165, 1.54) is 19.3 Å². The minimum Gasteiger partial charge on any atom is -0.356 e. The first-order valence-electron chi connectivity index (χ1n) is 11.4. The highest BCUT2D eigenvalue weighted by molar-refractivity contribution is 5.90. The van der Waals surface area contributed by atoms with Crippen molar-refractivity contribution in [2.24, 2.45) is 11.8 Å². The summed E-state index contributed by atoms with van der Waals surface area (Å²) in [5, 5.41) is 12.1. The van der Waals surface area contributed by atoms with Gasteiger partial charge in [0.2, 0.25) is 5.91 Å². The van der Waals surface area contributed by atoms with Crippen molar-refractivity contribution >= 4 is 28.3 Å². The van der Waals surface area contributed by atoms with E-state index in [0.29, 0.717) is 24.8 Å². The Morgan fingerprint density at radius 2 is 1.97 bits per heavy atom. The van der Waals surface area contributed by atoms with Crippen LogP contribution in [-0.2, 0) is 4.79 Å². The summed E-state index contributed by atoms with van der Waals surface area (Å²) in [4.78, 5) is 21.4. The number of carbonyl (C=O) groups excluding carboxylic acids is 1. The number of carbonyl (C=O) groups is 1. The number of hydrogen-bond acceptors (Lipinski definition) is 5. The molecule has 1 amide bonds. The number of hydrogen-bond donors (Lipinski definition) is 2. The SMILES string of the molecule is CC(C)CNC(=O)CC(C1CCCCC1)n1cc(Nc2ncnc3ccccc23)cn1. The van der Waals surface area contributed by atoms with Crippen molar-refractivity contribution in [3.05, 3.63) is 43.0 Å². The van der Waals surface area contributed by atoms with Crippen molar-refractivity contribution in [2.45, 2.75) is 58.4 Å². The number of nitrogens with one attached hydrogen (secondary N) is 2. The Kier molecular flexibility index (Phi) is 6.79. The molecule has 1 fully saturated rings. The second-order valence-corrected chi connectivity index (χ2v) is 8.94. The molecule has 1 aliphatic rings. The van der Waals surface area contributed by atoms with Crippen LogP contribution in [0.3, 0.4) is 0 Å². The van der Waals surface area contributed by atoms with Gasteiger partial charge in [0.05, 0.1) is 23.4 Å². The van der Waals surface area contributed by atoms with Crippen LogP contribution in [0, 0.1) is 11.8 Å². The van der Waals surface area contributed by atoms with Gasteiger partial charge in [-0.15, -0.1) is 0 Å². The molecular formula is C24H32N6O. The molecule has 1 aliphatic carbocycles. The zero-order chi connectivity index (χ0) is 21.6. The van der Waals surface area contributed by atoms with Gasteiger partial charge < -0.3 is 10.6 Å². The molecule has 7 heteroatoms. The maximum Gasteiger partial charge on any atom is 0.222 e. The van der Waals surface area contributed by atoms with Crippen molar-refractivity contribution in [1.82, 2.24) is 25.1 Å².